The highest BCUT2D eigenvalue weighted by Gasteiger charge is 1.94. The molecule has 0 aromatic carbocycles. The molecule has 0 heterocycles. The lowest BCUT2D eigenvalue weighted by Gasteiger charge is -1.99. The fourth-order valence-corrected chi connectivity index (χ4v) is 0.759. The zero-order valence-corrected chi connectivity index (χ0v) is 7.20. The molecule has 0 aromatic heterocycles. The van der Waals surface area contributed by atoms with E-state index < -0.39 is 0 Å². The van der Waals surface area contributed by atoms with Gasteiger partial charge in [-0.25, -0.2) is 0 Å². The summed E-state index contributed by atoms with van der Waals surface area (Å²) in [6.07, 6.45) is 4.27. The molecule has 54 valence electrons. The fourth-order valence-electron chi connectivity index (χ4n) is 0.544. The van der Waals surface area contributed by atoms with Gasteiger partial charge in [-0.05, 0) is 19.8 Å². The Hall–Kier alpha value is 0.0300. The van der Waals surface area contributed by atoms with Crippen molar-refractivity contribution in [1.82, 2.24) is 0 Å². The number of allylic oxidation sites excluding steroid dienone is 2. The molecule has 0 rings (SSSR count). The number of alkyl halides is 1. The molecular weight excluding hydrogens is 132 g/mol. The summed E-state index contributed by atoms with van der Waals surface area (Å²) in [5, 5.41) is 0.241. The summed E-state index contributed by atoms with van der Waals surface area (Å²) in [6.45, 7) is 6.35. The molecule has 1 unspecified atom stereocenters. The van der Waals surface area contributed by atoms with Crippen molar-refractivity contribution in [3.63, 3.8) is 0 Å². The summed E-state index contributed by atoms with van der Waals surface area (Å²) in [7, 11) is 0. The predicted octanol–water partition coefficient (Wildman–Crippen LogP) is 3.36. The van der Waals surface area contributed by atoms with Crippen LogP contribution in [0.3, 0.4) is 0 Å². The average Bonchev–Trinajstić information content (AvgIpc) is 1.87. The van der Waals surface area contributed by atoms with E-state index in [0.29, 0.717) is 0 Å². The summed E-state index contributed by atoms with van der Waals surface area (Å²) < 4.78 is 0. The Labute approximate surface area is 62.9 Å². The Morgan fingerprint density at radius 2 is 2.11 bits per heavy atom. The van der Waals surface area contributed by atoms with Crippen LogP contribution in [-0.4, -0.2) is 5.38 Å². The van der Waals surface area contributed by atoms with E-state index in [-0.39, 0.29) is 5.38 Å². The van der Waals surface area contributed by atoms with Gasteiger partial charge in [0.15, 0.2) is 0 Å². The van der Waals surface area contributed by atoms with Crippen molar-refractivity contribution < 1.29 is 0 Å². The lowest BCUT2D eigenvalue weighted by atomic mass is 10.2. The Bertz CT molecular complexity index is 94.7. The zero-order chi connectivity index (χ0) is 7.28. The summed E-state index contributed by atoms with van der Waals surface area (Å²) in [5.41, 5.74) is 1.39. The van der Waals surface area contributed by atoms with Gasteiger partial charge in [0.2, 0.25) is 0 Å². The smallest absolute Gasteiger partial charge is 0.0515 e. The van der Waals surface area contributed by atoms with Crippen molar-refractivity contribution in [2.24, 2.45) is 0 Å². The van der Waals surface area contributed by atoms with E-state index in [4.69, 9.17) is 11.6 Å². The van der Waals surface area contributed by atoms with E-state index in [1.807, 2.05) is 0 Å². The first-order chi connectivity index (χ1) is 4.20. The maximum Gasteiger partial charge on any atom is 0.0515 e. The van der Waals surface area contributed by atoms with Crippen LogP contribution >= 0.6 is 11.6 Å². The number of hydrogen-bond donors (Lipinski definition) is 0. The van der Waals surface area contributed by atoms with Crippen molar-refractivity contribution in [2.45, 2.75) is 39.0 Å². The van der Waals surface area contributed by atoms with Crippen LogP contribution in [0.25, 0.3) is 0 Å². The van der Waals surface area contributed by atoms with Crippen LogP contribution in [0.1, 0.15) is 33.6 Å². The molecular formula is C8H15Cl. The van der Waals surface area contributed by atoms with Crippen LogP contribution < -0.4 is 0 Å². The Balaban J connectivity index is 3.64. The van der Waals surface area contributed by atoms with Gasteiger partial charge in [-0.3, -0.25) is 0 Å². The van der Waals surface area contributed by atoms with Crippen LogP contribution in [0.5, 0.6) is 0 Å². The molecule has 0 spiro atoms. The highest BCUT2D eigenvalue weighted by molar-refractivity contribution is 6.21. The molecule has 0 aliphatic carbocycles. The quantitative estimate of drug-likeness (QED) is 0.423. The van der Waals surface area contributed by atoms with Crippen molar-refractivity contribution in [3.8, 4) is 0 Å². The second-order valence-electron chi connectivity index (χ2n) is 2.29. The topological polar surface area (TPSA) is 0 Å². The number of hydrogen-bond acceptors (Lipinski definition) is 0. The molecule has 0 aliphatic rings. The van der Waals surface area contributed by atoms with Crippen molar-refractivity contribution >= 4 is 11.6 Å². The van der Waals surface area contributed by atoms with Crippen LogP contribution in [-0.2, 0) is 0 Å². The van der Waals surface area contributed by atoms with Crippen LogP contribution in [0, 0.1) is 0 Å². The third-order valence-electron chi connectivity index (χ3n) is 1.41. The van der Waals surface area contributed by atoms with Crippen LogP contribution in [0.2, 0.25) is 0 Å². The molecule has 0 N–H and O–H groups in total. The van der Waals surface area contributed by atoms with Gasteiger partial charge >= 0.3 is 0 Å². The van der Waals surface area contributed by atoms with E-state index in [0.717, 1.165) is 12.8 Å². The van der Waals surface area contributed by atoms with Crippen molar-refractivity contribution in [2.75, 3.05) is 0 Å². The minimum atomic E-state index is 0.241. The standard InChI is InChI=1S/C8H15Cl/c1-4-7(3)6-8(9)5-2/h6,8H,4-5H2,1-3H3/b7-6-. The SMILES string of the molecule is CC/C(C)=C\C(Cl)CC. The fraction of sp³-hybridized carbons (Fsp3) is 0.750. The summed E-state index contributed by atoms with van der Waals surface area (Å²) in [5.74, 6) is 0. The molecule has 9 heavy (non-hydrogen) atoms. The molecule has 0 saturated carbocycles. The molecule has 0 aliphatic heterocycles. The lowest BCUT2D eigenvalue weighted by molar-refractivity contribution is 0.941. The first kappa shape index (κ1) is 9.03. The maximum atomic E-state index is 5.86. The largest absolute Gasteiger partial charge is 0.118 e. The van der Waals surface area contributed by atoms with E-state index in [1.165, 1.54) is 5.57 Å². The van der Waals surface area contributed by atoms with Gasteiger partial charge in [-0.2, -0.15) is 0 Å². The van der Waals surface area contributed by atoms with Crippen molar-refractivity contribution in [3.05, 3.63) is 11.6 Å². The Kier molecular flexibility index (Phi) is 4.88. The summed E-state index contributed by atoms with van der Waals surface area (Å²) in [6, 6.07) is 0. The third kappa shape index (κ3) is 4.53. The summed E-state index contributed by atoms with van der Waals surface area (Å²) in [4.78, 5) is 0. The molecule has 0 aromatic rings. The minimum Gasteiger partial charge on any atom is -0.118 e. The summed E-state index contributed by atoms with van der Waals surface area (Å²) >= 11 is 5.86. The van der Waals surface area contributed by atoms with E-state index >= 15 is 0 Å². The first-order valence-corrected chi connectivity index (χ1v) is 3.95. The highest BCUT2D eigenvalue weighted by atomic mass is 35.5. The average molecular weight is 147 g/mol. The van der Waals surface area contributed by atoms with Gasteiger partial charge in [0, 0.05) is 0 Å². The molecule has 0 amide bonds. The van der Waals surface area contributed by atoms with Crippen molar-refractivity contribution in [1.29, 1.82) is 0 Å². The molecule has 0 saturated heterocycles. The zero-order valence-electron chi connectivity index (χ0n) is 6.45. The monoisotopic (exact) mass is 146 g/mol. The van der Waals surface area contributed by atoms with Crippen LogP contribution in [0.15, 0.2) is 11.6 Å². The third-order valence-corrected chi connectivity index (χ3v) is 1.85. The predicted molar refractivity (Wildman–Crippen MR) is 44.0 cm³/mol. The van der Waals surface area contributed by atoms with Gasteiger partial charge in [0.25, 0.3) is 0 Å². The second-order valence-corrected chi connectivity index (χ2v) is 2.85. The maximum absolute atomic E-state index is 5.86. The van der Waals surface area contributed by atoms with E-state index in [1.54, 1.807) is 0 Å². The van der Waals surface area contributed by atoms with Gasteiger partial charge in [0.1, 0.15) is 0 Å². The van der Waals surface area contributed by atoms with E-state index in [2.05, 4.69) is 26.8 Å². The van der Waals surface area contributed by atoms with E-state index in [9.17, 15) is 0 Å². The molecule has 0 bridgehead atoms. The molecule has 0 nitrogen and oxygen atoms in total. The minimum absolute atomic E-state index is 0.241. The van der Waals surface area contributed by atoms with Crippen LogP contribution in [0.4, 0.5) is 0 Å². The number of halogens is 1. The molecule has 1 atom stereocenters. The Morgan fingerprint density at radius 3 is 2.44 bits per heavy atom. The molecule has 1 heteroatoms. The van der Waals surface area contributed by atoms with Gasteiger partial charge in [0.05, 0.1) is 5.38 Å². The molecule has 0 radical (unpaired) electrons. The Morgan fingerprint density at radius 1 is 1.56 bits per heavy atom. The normalized spacial score (nSPS) is 15.8. The van der Waals surface area contributed by atoms with Gasteiger partial charge < -0.3 is 0 Å². The van der Waals surface area contributed by atoms with Gasteiger partial charge in [-0.15, -0.1) is 11.6 Å². The first-order valence-electron chi connectivity index (χ1n) is 3.52. The van der Waals surface area contributed by atoms with Gasteiger partial charge in [-0.1, -0.05) is 25.5 Å². The highest BCUT2D eigenvalue weighted by Crippen LogP contribution is 2.08. The lowest BCUT2D eigenvalue weighted by Crippen LogP contribution is -1.90. The second kappa shape index (κ2) is 4.87. The molecule has 0 fully saturated rings. The number of rotatable bonds is 3.